The number of aromatic nitrogens is 2. The number of aliphatic carboxylic acids is 1. The number of carbonyl (C=O) groups is 2. The summed E-state index contributed by atoms with van der Waals surface area (Å²) in [5.41, 5.74) is 1.79. The highest BCUT2D eigenvalue weighted by molar-refractivity contribution is 5.75. The molecule has 0 aromatic carbocycles. The molecule has 0 aliphatic carbocycles. The molecule has 2 amide bonds. The fourth-order valence-corrected chi connectivity index (χ4v) is 1.86. The van der Waals surface area contributed by atoms with Crippen LogP contribution in [0.25, 0.3) is 0 Å². The van der Waals surface area contributed by atoms with Crippen molar-refractivity contribution in [2.45, 2.75) is 39.8 Å². The Morgan fingerprint density at radius 3 is 2.55 bits per heavy atom. The van der Waals surface area contributed by atoms with Crippen molar-refractivity contribution in [1.29, 1.82) is 0 Å². The Hall–Kier alpha value is -2.05. The van der Waals surface area contributed by atoms with Gasteiger partial charge in [-0.05, 0) is 12.8 Å². The Bertz CT molecular complexity index is 482. The minimum Gasteiger partial charge on any atom is -0.481 e. The number of aryl methyl sites for hydroxylation is 2. The van der Waals surface area contributed by atoms with Crippen LogP contribution in [0.5, 0.6) is 0 Å². The SMILES string of the molecule is Cc1nn(C)cc1CNC(=O)NC(CC(=O)O)C(C)C. The largest absolute Gasteiger partial charge is 0.481 e. The molecule has 0 spiro atoms. The van der Waals surface area contributed by atoms with Crippen LogP contribution in [-0.2, 0) is 18.4 Å². The molecule has 0 aliphatic rings. The standard InChI is InChI=1S/C13H22N4O3/c1-8(2)11(5-12(18)19)15-13(20)14-6-10-7-17(4)16-9(10)3/h7-8,11H,5-6H2,1-4H3,(H,18,19)(H2,14,15,20). The van der Waals surface area contributed by atoms with Crippen molar-refractivity contribution in [3.05, 3.63) is 17.5 Å². The first-order valence-electron chi connectivity index (χ1n) is 6.55. The van der Waals surface area contributed by atoms with Gasteiger partial charge in [0.1, 0.15) is 0 Å². The van der Waals surface area contributed by atoms with Gasteiger partial charge in [0, 0.05) is 31.4 Å². The van der Waals surface area contributed by atoms with Gasteiger partial charge in [0.25, 0.3) is 0 Å². The lowest BCUT2D eigenvalue weighted by molar-refractivity contribution is -0.137. The van der Waals surface area contributed by atoms with E-state index in [-0.39, 0.29) is 24.4 Å². The zero-order valence-electron chi connectivity index (χ0n) is 12.3. The quantitative estimate of drug-likeness (QED) is 0.726. The normalized spacial score (nSPS) is 12.2. The summed E-state index contributed by atoms with van der Waals surface area (Å²) in [6.07, 6.45) is 1.75. The van der Waals surface area contributed by atoms with E-state index < -0.39 is 5.97 Å². The summed E-state index contributed by atoms with van der Waals surface area (Å²) in [5, 5.41) is 18.4. The molecule has 20 heavy (non-hydrogen) atoms. The zero-order valence-corrected chi connectivity index (χ0v) is 12.3. The molecule has 0 bridgehead atoms. The van der Waals surface area contributed by atoms with Gasteiger partial charge in [0.2, 0.25) is 0 Å². The van der Waals surface area contributed by atoms with Crippen LogP contribution >= 0.6 is 0 Å². The molecule has 1 aromatic heterocycles. The Balaban J connectivity index is 2.49. The monoisotopic (exact) mass is 282 g/mol. The molecule has 1 heterocycles. The molecule has 7 heteroatoms. The highest BCUT2D eigenvalue weighted by atomic mass is 16.4. The van der Waals surface area contributed by atoms with Crippen molar-refractivity contribution < 1.29 is 14.7 Å². The summed E-state index contributed by atoms with van der Waals surface area (Å²) >= 11 is 0. The fraction of sp³-hybridized carbons (Fsp3) is 0.615. The number of carboxylic acid groups (broad SMARTS) is 1. The average Bonchev–Trinajstić information content (AvgIpc) is 2.63. The van der Waals surface area contributed by atoms with Crippen LogP contribution in [0.1, 0.15) is 31.5 Å². The van der Waals surface area contributed by atoms with Gasteiger partial charge in [0.05, 0.1) is 12.1 Å². The molecular formula is C13H22N4O3. The molecule has 0 aliphatic heterocycles. The van der Waals surface area contributed by atoms with Crippen LogP contribution in [0.3, 0.4) is 0 Å². The summed E-state index contributed by atoms with van der Waals surface area (Å²) in [6, 6.07) is -0.754. The van der Waals surface area contributed by atoms with Gasteiger partial charge < -0.3 is 15.7 Å². The molecule has 7 nitrogen and oxygen atoms in total. The number of carbonyl (C=O) groups excluding carboxylic acids is 1. The molecule has 3 N–H and O–H groups in total. The van der Waals surface area contributed by atoms with Gasteiger partial charge in [-0.1, -0.05) is 13.8 Å². The summed E-state index contributed by atoms with van der Waals surface area (Å²) in [6.45, 7) is 5.98. The number of nitrogens with one attached hydrogen (secondary N) is 2. The van der Waals surface area contributed by atoms with E-state index in [1.165, 1.54) is 0 Å². The van der Waals surface area contributed by atoms with Crippen LogP contribution < -0.4 is 10.6 Å². The third kappa shape index (κ3) is 4.91. The van der Waals surface area contributed by atoms with Crippen molar-refractivity contribution in [3.63, 3.8) is 0 Å². The molecule has 1 rings (SSSR count). The smallest absolute Gasteiger partial charge is 0.315 e. The maximum absolute atomic E-state index is 11.8. The number of carboxylic acids is 1. The topological polar surface area (TPSA) is 96.3 Å². The molecule has 112 valence electrons. The molecule has 1 aromatic rings. The van der Waals surface area contributed by atoms with Gasteiger partial charge >= 0.3 is 12.0 Å². The van der Waals surface area contributed by atoms with E-state index in [9.17, 15) is 9.59 Å². The number of rotatable bonds is 6. The van der Waals surface area contributed by atoms with Gasteiger partial charge in [-0.25, -0.2) is 4.79 Å². The number of urea groups is 1. The average molecular weight is 282 g/mol. The maximum atomic E-state index is 11.8. The van der Waals surface area contributed by atoms with E-state index in [0.29, 0.717) is 6.54 Å². The lowest BCUT2D eigenvalue weighted by Crippen LogP contribution is -2.45. The number of nitrogens with zero attached hydrogens (tertiary/aromatic N) is 2. The molecule has 1 atom stereocenters. The number of hydrogen-bond acceptors (Lipinski definition) is 3. The van der Waals surface area contributed by atoms with E-state index in [1.54, 1.807) is 4.68 Å². The minimum atomic E-state index is -0.924. The first kappa shape index (κ1) is 16.0. The molecule has 0 saturated heterocycles. The maximum Gasteiger partial charge on any atom is 0.315 e. The molecule has 1 unspecified atom stereocenters. The van der Waals surface area contributed by atoms with Crippen molar-refractivity contribution in [2.24, 2.45) is 13.0 Å². The molecule has 0 saturated carbocycles. The van der Waals surface area contributed by atoms with Gasteiger partial charge in [-0.3, -0.25) is 9.48 Å². The van der Waals surface area contributed by atoms with Crippen LogP contribution in [0.2, 0.25) is 0 Å². The van der Waals surface area contributed by atoms with E-state index in [2.05, 4.69) is 15.7 Å². The predicted octanol–water partition coefficient (Wildman–Crippen LogP) is 1.03. The van der Waals surface area contributed by atoms with E-state index >= 15 is 0 Å². The fourth-order valence-electron chi connectivity index (χ4n) is 1.86. The lowest BCUT2D eigenvalue weighted by atomic mass is 10.0. The van der Waals surface area contributed by atoms with E-state index in [0.717, 1.165) is 11.3 Å². The highest BCUT2D eigenvalue weighted by Crippen LogP contribution is 2.07. The second-order valence-corrected chi connectivity index (χ2v) is 5.19. The summed E-state index contributed by atoms with van der Waals surface area (Å²) in [7, 11) is 1.82. The zero-order chi connectivity index (χ0) is 15.3. The van der Waals surface area contributed by atoms with Crippen molar-refractivity contribution in [3.8, 4) is 0 Å². The second kappa shape index (κ2) is 6.93. The Morgan fingerprint density at radius 1 is 1.45 bits per heavy atom. The summed E-state index contributed by atoms with van der Waals surface area (Å²) in [5.74, 6) is -0.871. The molecular weight excluding hydrogens is 260 g/mol. The Labute approximate surface area is 118 Å². The van der Waals surface area contributed by atoms with Crippen molar-refractivity contribution in [1.82, 2.24) is 20.4 Å². The van der Waals surface area contributed by atoms with E-state index in [1.807, 2.05) is 34.0 Å². The first-order chi connectivity index (χ1) is 9.29. The summed E-state index contributed by atoms with van der Waals surface area (Å²) in [4.78, 5) is 22.5. The molecule has 0 fully saturated rings. The third-order valence-electron chi connectivity index (χ3n) is 3.07. The number of hydrogen-bond donors (Lipinski definition) is 3. The Kier molecular flexibility index (Phi) is 5.54. The second-order valence-electron chi connectivity index (χ2n) is 5.19. The number of amides is 2. The third-order valence-corrected chi connectivity index (χ3v) is 3.07. The minimum absolute atomic E-state index is 0.0528. The van der Waals surface area contributed by atoms with Gasteiger partial charge in [-0.15, -0.1) is 0 Å². The van der Waals surface area contributed by atoms with Crippen LogP contribution in [-0.4, -0.2) is 32.9 Å². The van der Waals surface area contributed by atoms with E-state index in [4.69, 9.17) is 5.11 Å². The first-order valence-corrected chi connectivity index (χ1v) is 6.55. The van der Waals surface area contributed by atoms with Crippen molar-refractivity contribution in [2.75, 3.05) is 0 Å². The van der Waals surface area contributed by atoms with Crippen LogP contribution in [0.15, 0.2) is 6.20 Å². The highest BCUT2D eigenvalue weighted by Gasteiger charge is 2.19. The summed E-state index contributed by atoms with van der Waals surface area (Å²) < 4.78 is 1.69. The Morgan fingerprint density at radius 2 is 2.10 bits per heavy atom. The van der Waals surface area contributed by atoms with Crippen LogP contribution in [0, 0.1) is 12.8 Å². The predicted molar refractivity (Wildman–Crippen MR) is 74.2 cm³/mol. The lowest BCUT2D eigenvalue weighted by Gasteiger charge is -2.20. The van der Waals surface area contributed by atoms with Gasteiger partial charge in [0.15, 0.2) is 0 Å². The molecule has 0 radical (unpaired) electrons. The van der Waals surface area contributed by atoms with Crippen LogP contribution in [0.4, 0.5) is 4.79 Å². The van der Waals surface area contributed by atoms with Crippen molar-refractivity contribution >= 4 is 12.0 Å². The van der Waals surface area contributed by atoms with Gasteiger partial charge in [-0.2, -0.15) is 5.10 Å².